The number of esters is 1. The number of benzene rings is 2. The largest absolute Gasteiger partial charge is 0.496 e. The normalized spacial score (nSPS) is 10.5. The molecule has 0 radical (unpaired) electrons. The van der Waals surface area contributed by atoms with E-state index >= 15 is 0 Å². The van der Waals surface area contributed by atoms with Gasteiger partial charge in [0.25, 0.3) is 5.89 Å². The molecular formula is C18H15ClN2O4. The van der Waals surface area contributed by atoms with E-state index in [1.165, 1.54) is 0 Å². The molecule has 3 aromatic rings. The van der Waals surface area contributed by atoms with Crippen molar-refractivity contribution in [1.82, 2.24) is 10.1 Å². The fourth-order valence-electron chi connectivity index (χ4n) is 2.19. The van der Waals surface area contributed by atoms with Crippen molar-refractivity contribution in [3.63, 3.8) is 0 Å². The Hall–Kier alpha value is -2.86. The zero-order chi connectivity index (χ0) is 17.8. The van der Waals surface area contributed by atoms with Crippen LogP contribution in [0, 0.1) is 6.92 Å². The predicted molar refractivity (Wildman–Crippen MR) is 91.6 cm³/mol. The monoisotopic (exact) mass is 358 g/mol. The smallest absolute Gasteiger partial charge is 0.338 e. The van der Waals surface area contributed by atoms with Crippen LogP contribution in [0.4, 0.5) is 0 Å². The SMILES string of the molecule is COc1cc(C(=O)OCc2nc(-c3ccc(Cl)cc3)no2)ccc1C. The van der Waals surface area contributed by atoms with E-state index in [-0.39, 0.29) is 12.5 Å². The van der Waals surface area contributed by atoms with Crippen molar-refractivity contribution in [3.8, 4) is 17.1 Å². The lowest BCUT2D eigenvalue weighted by molar-refractivity contribution is 0.0429. The second-order valence-corrected chi connectivity index (χ2v) is 5.72. The van der Waals surface area contributed by atoms with Crippen LogP contribution in [0.1, 0.15) is 21.8 Å². The molecule has 0 bridgehead atoms. The molecule has 0 aliphatic carbocycles. The van der Waals surface area contributed by atoms with Gasteiger partial charge in [-0.1, -0.05) is 22.8 Å². The lowest BCUT2D eigenvalue weighted by Gasteiger charge is -2.07. The number of hydrogen-bond donors (Lipinski definition) is 0. The van der Waals surface area contributed by atoms with Crippen molar-refractivity contribution in [1.29, 1.82) is 0 Å². The third kappa shape index (κ3) is 3.97. The average Bonchev–Trinajstić information content (AvgIpc) is 3.09. The minimum atomic E-state index is -0.496. The van der Waals surface area contributed by atoms with Crippen molar-refractivity contribution in [3.05, 3.63) is 64.5 Å². The molecule has 0 saturated carbocycles. The number of aryl methyl sites for hydroxylation is 1. The van der Waals surface area contributed by atoms with Crippen LogP contribution in [0.5, 0.6) is 5.75 Å². The fraction of sp³-hybridized carbons (Fsp3) is 0.167. The van der Waals surface area contributed by atoms with E-state index in [1.807, 2.05) is 6.92 Å². The molecule has 0 fully saturated rings. The van der Waals surface area contributed by atoms with Crippen molar-refractivity contribution >= 4 is 17.6 Å². The first kappa shape index (κ1) is 17.0. The first-order chi connectivity index (χ1) is 12.1. The lowest BCUT2D eigenvalue weighted by atomic mass is 10.1. The Balaban J connectivity index is 1.66. The highest BCUT2D eigenvalue weighted by molar-refractivity contribution is 6.30. The van der Waals surface area contributed by atoms with E-state index in [1.54, 1.807) is 49.6 Å². The molecule has 0 N–H and O–H groups in total. The zero-order valence-corrected chi connectivity index (χ0v) is 14.4. The quantitative estimate of drug-likeness (QED) is 0.640. The summed E-state index contributed by atoms with van der Waals surface area (Å²) in [5.41, 5.74) is 2.08. The van der Waals surface area contributed by atoms with Gasteiger partial charge in [0.15, 0.2) is 6.61 Å². The van der Waals surface area contributed by atoms with E-state index < -0.39 is 5.97 Å². The molecule has 0 aliphatic rings. The van der Waals surface area contributed by atoms with Crippen molar-refractivity contribution in [2.75, 3.05) is 7.11 Å². The van der Waals surface area contributed by atoms with Gasteiger partial charge < -0.3 is 14.0 Å². The fourth-order valence-corrected chi connectivity index (χ4v) is 2.31. The van der Waals surface area contributed by atoms with Gasteiger partial charge in [0, 0.05) is 10.6 Å². The number of ether oxygens (including phenoxy) is 2. The molecule has 0 spiro atoms. The molecule has 0 amide bonds. The molecule has 7 heteroatoms. The molecule has 25 heavy (non-hydrogen) atoms. The molecule has 0 unspecified atom stereocenters. The Bertz CT molecular complexity index is 890. The van der Waals surface area contributed by atoms with Gasteiger partial charge in [0.05, 0.1) is 12.7 Å². The maximum Gasteiger partial charge on any atom is 0.338 e. The van der Waals surface area contributed by atoms with Gasteiger partial charge in [-0.3, -0.25) is 0 Å². The molecule has 1 aromatic heterocycles. The van der Waals surface area contributed by atoms with Gasteiger partial charge in [0.1, 0.15) is 5.75 Å². The van der Waals surface area contributed by atoms with Crippen molar-refractivity contribution < 1.29 is 18.8 Å². The summed E-state index contributed by atoms with van der Waals surface area (Å²) in [6.45, 7) is 1.78. The summed E-state index contributed by atoms with van der Waals surface area (Å²) in [5.74, 6) is 0.735. The number of halogens is 1. The maximum absolute atomic E-state index is 12.1. The number of nitrogens with zero attached hydrogens (tertiary/aromatic N) is 2. The van der Waals surface area contributed by atoms with Crippen LogP contribution in [-0.4, -0.2) is 23.2 Å². The van der Waals surface area contributed by atoms with E-state index in [4.69, 9.17) is 25.6 Å². The van der Waals surface area contributed by atoms with E-state index in [9.17, 15) is 4.79 Å². The number of carbonyl (C=O) groups is 1. The molecule has 0 saturated heterocycles. The van der Waals surface area contributed by atoms with Crippen LogP contribution >= 0.6 is 11.6 Å². The van der Waals surface area contributed by atoms with Crippen LogP contribution in [-0.2, 0) is 11.3 Å². The predicted octanol–water partition coefficient (Wildman–Crippen LogP) is 4.06. The van der Waals surface area contributed by atoms with Gasteiger partial charge in [0.2, 0.25) is 5.82 Å². The highest BCUT2D eigenvalue weighted by atomic mass is 35.5. The van der Waals surface area contributed by atoms with Gasteiger partial charge >= 0.3 is 5.97 Å². The molecule has 2 aromatic carbocycles. The molecule has 6 nitrogen and oxygen atoms in total. The van der Waals surface area contributed by atoms with E-state index in [2.05, 4.69) is 10.1 Å². The molecule has 1 heterocycles. The topological polar surface area (TPSA) is 74.5 Å². The average molecular weight is 359 g/mol. The Kier molecular flexibility index (Phi) is 5.00. The third-order valence-electron chi connectivity index (χ3n) is 3.54. The minimum Gasteiger partial charge on any atom is -0.496 e. The van der Waals surface area contributed by atoms with Gasteiger partial charge in [-0.2, -0.15) is 4.98 Å². The molecular weight excluding hydrogens is 344 g/mol. The number of hydrogen-bond acceptors (Lipinski definition) is 6. The Labute approximate surface area is 149 Å². The second kappa shape index (κ2) is 7.36. The summed E-state index contributed by atoms with van der Waals surface area (Å²) in [7, 11) is 1.55. The molecule has 3 rings (SSSR count). The molecule has 128 valence electrons. The first-order valence-corrected chi connectivity index (χ1v) is 7.85. The van der Waals surface area contributed by atoms with Crippen LogP contribution < -0.4 is 4.74 Å². The molecule has 0 aliphatic heterocycles. The summed E-state index contributed by atoms with van der Waals surface area (Å²) in [5, 5.41) is 4.49. The second-order valence-electron chi connectivity index (χ2n) is 5.28. The number of rotatable bonds is 5. The Morgan fingerprint density at radius 3 is 2.68 bits per heavy atom. The van der Waals surface area contributed by atoms with Gasteiger partial charge in [-0.25, -0.2) is 4.79 Å². The van der Waals surface area contributed by atoms with Gasteiger partial charge in [-0.15, -0.1) is 0 Å². The Morgan fingerprint density at radius 2 is 1.96 bits per heavy atom. The maximum atomic E-state index is 12.1. The summed E-state index contributed by atoms with van der Waals surface area (Å²) >= 11 is 5.85. The first-order valence-electron chi connectivity index (χ1n) is 7.47. The minimum absolute atomic E-state index is 0.115. The summed E-state index contributed by atoms with van der Waals surface area (Å²) in [6.07, 6.45) is 0. The number of carbonyl (C=O) groups excluding carboxylic acids is 1. The van der Waals surface area contributed by atoms with Gasteiger partial charge in [-0.05, 0) is 48.9 Å². The standard InChI is InChI=1S/C18H15ClN2O4/c1-11-3-4-13(9-15(11)23-2)18(22)24-10-16-20-17(21-25-16)12-5-7-14(19)8-6-12/h3-9H,10H2,1-2H3. The van der Waals surface area contributed by atoms with Crippen molar-refractivity contribution in [2.24, 2.45) is 0 Å². The summed E-state index contributed by atoms with van der Waals surface area (Å²) in [4.78, 5) is 16.3. The van der Waals surface area contributed by atoms with Crippen LogP contribution in [0.25, 0.3) is 11.4 Å². The van der Waals surface area contributed by atoms with E-state index in [0.29, 0.717) is 22.2 Å². The van der Waals surface area contributed by atoms with Crippen molar-refractivity contribution in [2.45, 2.75) is 13.5 Å². The van der Waals surface area contributed by atoms with Crippen LogP contribution in [0.15, 0.2) is 47.0 Å². The zero-order valence-electron chi connectivity index (χ0n) is 13.7. The summed E-state index contributed by atoms with van der Waals surface area (Å²) < 4.78 is 15.5. The number of methoxy groups -OCH3 is 1. The van der Waals surface area contributed by atoms with E-state index in [0.717, 1.165) is 11.1 Å². The highest BCUT2D eigenvalue weighted by Gasteiger charge is 2.14. The lowest BCUT2D eigenvalue weighted by Crippen LogP contribution is -2.06. The Morgan fingerprint density at radius 1 is 1.20 bits per heavy atom. The molecule has 0 atom stereocenters. The number of aromatic nitrogens is 2. The highest BCUT2D eigenvalue weighted by Crippen LogP contribution is 2.21. The summed E-state index contributed by atoms with van der Waals surface area (Å²) in [6, 6.07) is 12.1. The van der Waals surface area contributed by atoms with Crippen LogP contribution in [0.2, 0.25) is 5.02 Å². The third-order valence-corrected chi connectivity index (χ3v) is 3.79. The van der Waals surface area contributed by atoms with Crippen LogP contribution in [0.3, 0.4) is 0 Å².